The van der Waals surface area contributed by atoms with Crippen molar-refractivity contribution < 1.29 is 34.7 Å². The fourth-order valence-electron chi connectivity index (χ4n) is 3.74. The molecule has 32 heavy (non-hydrogen) atoms. The molecule has 8 heteroatoms. The van der Waals surface area contributed by atoms with Gasteiger partial charge in [0.2, 0.25) is 12.2 Å². The predicted octanol–water partition coefficient (Wildman–Crippen LogP) is 2.72. The van der Waals surface area contributed by atoms with E-state index in [0.29, 0.717) is 17.9 Å². The van der Waals surface area contributed by atoms with Crippen LogP contribution in [-0.4, -0.2) is 63.6 Å². The number of carbonyl (C=O) groups excluding carboxylic acids is 1. The highest BCUT2D eigenvalue weighted by atomic mass is 16.7. The van der Waals surface area contributed by atoms with Crippen LogP contribution in [0.5, 0.6) is 5.75 Å². The van der Waals surface area contributed by atoms with Gasteiger partial charge in [-0.2, -0.15) is 0 Å². The highest BCUT2D eigenvalue weighted by Crippen LogP contribution is 2.25. The van der Waals surface area contributed by atoms with Crippen LogP contribution in [0.1, 0.15) is 71.1 Å². The minimum atomic E-state index is -1.49. The Kier molecular flexibility index (Phi) is 12.0. The van der Waals surface area contributed by atoms with Crippen molar-refractivity contribution in [3.05, 3.63) is 24.3 Å². The molecule has 1 aromatic carbocycles. The van der Waals surface area contributed by atoms with Crippen LogP contribution in [0.2, 0.25) is 0 Å². The lowest BCUT2D eigenvalue weighted by Gasteiger charge is -2.39. The zero-order chi connectivity index (χ0) is 23.3. The highest BCUT2D eigenvalue weighted by molar-refractivity contribution is 5.90. The summed E-state index contributed by atoms with van der Waals surface area (Å²) in [7, 11) is 0. The van der Waals surface area contributed by atoms with Gasteiger partial charge in [-0.3, -0.25) is 4.79 Å². The number of carbonyl (C=O) groups is 1. The molecule has 1 amide bonds. The molecule has 1 fully saturated rings. The van der Waals surface area contributed by atoms with Gasteiger partial charge in [-0.25, -0.2) is 0 Å². The van der Waals surface area contributed by atoms with Crippen molar-refractivity contribution in [1.82, 2.24) is 0 Å². The lowest BCUT2D eigenvalue weighted by atomic mass is 9.99. The Balaban J connectivity index is 1.67. The van der Waals surface area contributed by atoms with E-state index in [-0.39, 0.29) is 5.91 Å². The third-order valence-electron chi connectivity index (χ3n) is 5.75. The van der Waals surface area contributed by atoms with Gasteiger partial charge in [0.25, 0.3) is 0 Å². The number of anilines is 1. The van der Waals surface area contributed by atoms with Gasteiger partial charge in [-0.1, -0.05) is 58.3 Å². The van der Waals surface area contributed by atoms with E-state index in [4.69, 9.17) is 9.47 Å². The minimum absolute atomic E-state index is 0.0319. The second kappa shape index (κ2) is 14.4. The molecule has 1 unspecified atom stereocenters. The molecular formula is C24H39NO7. The van der Waals surface area contributed by atoms with Gasteiger partial charge in [-0.05, 0) is 30.7 Å². The van der Waals surface area contributed by atoms with Crippen molar-refractivity contribution in [2.24, 2.45) is 0 Å². The van der Waals surface area contributed by atoms with Gasteiger partial charge in [-0.15, -0.1) is 0 Å². The fraction of sp³-hybridized carbons (Fsp3) is 0.708. The van der Waals surface area contributed by atoms with E-state index in [1.165, 1.54) is 44.9 Å². The SMILES string of the molecule is CCCCCCCCCCCC(=O)Nc1ccc(OC2O[C@H](CO)[C@H](O)[C@H](O)[C@H]2O)cc1. The Morgan fingerprint density at radius 3 is 2.09 bits per heavy atom. The normalized spacial score (nSPS) is 25.5. The predicted molar refractivity (Wildman–Crippen MR) is 121 cm³/mol. The maximum atomic E-state index is 12.1. The van der Waals surface area contributed by atoms with E-state index in [9.17, 15) is 25.2 Å². The summed E-state index contributed by atoms with van der Waals surface area (Å²) in [5, 5.41) is 41.8. The topological polar surface area (TPSA) is 128 Å². The Bertz CT molecular complexity index is 652. The van der Waals surface area contributed by atoms with E-state index in [1.807, 2.05) is 0 Å². The number of hydrogen-bond acceptors (Lipinski definition) is 7. The zero-order valence-corrected chi connectivity index (χ0v) is 19.0. The van der Waals surface area contributed by atoms with Gasteiger partial charge in [0.1, 0.15) is 30.2 Å². The number of nitrogens with one attached hydrogen (secondary N) is 1. The van der Waals surface area contributed by atoms with Crippen LogP contribution < -0.4 is 10.1 Å². The third-order valence-corrected chi connectivity index (χ3v) is 5.75. The maximum absolute atomic E-state index is 12.1. The number of aliphatic hydroxyl groups excluding tert-OH is 4. The number of hydrogen-bond donors (Lipinski definition) is 5. The monoisotopic (exact) mass is 453 g/mol. The zero-order valence-electron chi connectivity index (χ0n) is 19.0. The maximum Gasteiger partial charge on any atom is 0.229 e. The van der Waals surface area contributed by atoms with E-state index < -0.39 is 37.3 Å². The molecule has 0 radical (unpaired) electrons. The van der Waals surface area contributed by atoms with Crippen LogP contribution in [-0.2, 0) is 9.53 Å². The first-order chi connectivity index (χ1) is 15.5. The van der Waals surface area contributed by atoms with Crippen molar-refractivity contribution in [1.29, 1.82) is 0 Å². The summed E-state index contributed by atoms with van der Waals surface area (Å²) in [6, 6.07) is 6.56. The quantitative estimate of drug-likeness (QED) is 0.274. The number of ether oxygens (including phenoxy) is 2. The summed E-state index contributed by atoms with van der Waals surface area (Å²) in [6.07, 6.45) is 4.67. The third kappa shape index (κ3) is 8.67. The Labute approximate surface area is 190 Å². The number of unbranched alkanes of at least 4 members (excludes halogenated alkanes) is 8. The molecule has 1 aliphatic heterocycles. The van der Waals surface area contributed by atoms with Crippen LogP contribution in [0.3, 0.4) is 0 Å². The van der Waals surface area contributed by atoms with Crippen molar-refractivity contribution in [2.75, 3.05) is 11.9 Å². The van der Waals surface area contributed by atoms with Crippen LogP contribution in [0.15, 0.2) is 24.3 Å². The largest absolute Gasteiger partial charge is 0.462 e. The number of amides is 1. The smallest absolute Gasteiger partial charge is 0.229 e. The van der Waals surface area contributed by atoms with Gasteiger partial charge in [0.15, 0.2) is 0 Å². The minimum Gasteiger partial charge on any atom is -0.462 e. The van der Waals surface area contributed by atoms with Crippen molar-refractivity contribution in [3.63, 3.8) is 0 Å². The summed E-state index contributed by atoms with van der Waals surface area (Å²) in [6.45, 7) is 1.70. The van der Waals surface area contributed by atoms with Gasteiger partial charge in [0.05, 0.1) is 6.61 Å². The molecule has 0 aromatic heterocycles. The number of rotatable bonds is 14. The molecule has 1 aliphatic rings. The van der Waals surface area contributed by atoms with Gasteiger partial charge in [0, 0.05) is 12.1 Å². The van der Waals surface area contributed by atoms with Gasteiger partial charge >= 0.3 is 0 Å². The standard InChI is InChI=1S/C24H39NO7/c1-2-3-4-5-6-7-8-9-10-11-20(27)25-17-12-14-18(15-13-17)31-24-23(30)22(29)21(28)19(16-26)32-24/h12-15,19,21-24,26,28-30H,2-11,16H2,1H3,(H,25,27)/t19-,21+,22+,23-,24?/m1/s1. The van der Waals surface area contributed by atoms with Crippen molar-refractivity contribution >= 4 is 11.6 Å². The fourth-order valence-corrected chi connectivity index (χ4v) is 3.74. The molecule has 2 rings (SSSR count). The summed E-state index contributed by atoms with van der Waals surface area (Å²) >= 11 is 0. The molecule has 0 spiro atoms. The Morgan fingerprint density at radius 2 is 1.50 bits per heavy atom. The molecule has 1 saturated heterocycles. The number of aliphatic hydroxyl groups is 4. The van der Waals surface area contributed by atoms with Crippen LogP contribution in [0, 0.1) is 0 Å². The molecule has 8 nitrogen and oxygen atoms in total. The summed E-state index contributed by atoms with van der Waals surface area (Å²) in [5.74, 6) is 0.321. The summed E-state index contributed by atoms with van der Waals surface area (Å²) < 4.78 is 10.9. The van der Waals surface area contributed by atoms with E-state index in [0.717, 1.165) is 12.8 Å². The molecule has 182 valence electrons. The van der Waals surface area contributed by atoms with Crippen molar-refractivity contribution in [3.8, 4) is 5.75 Å². The van der Waals surface area contributed by atoms with E-state index in [2.05, 4.69) is 12.2 Å². The lowest BCUT2D eigenvalue weighted by molar-refractivity contribution is -0.277. The van der Waals surface area contributed by atoms with Crippen LogP contribution >= 0.6 is 0 Å². The van der Waals surface area contributed by atoms with Gasteiger partial charge < -0.3 is 35.2 Å². The Morgan fingerprint density at radius 1 is 0.906 bits per heavy atom. The lowest BCUT2D eigenvalue weighted by Crippen LogP contribution is -2.60. The molecule has 0 saturated carbocycles. The molecule has 5 atom stereocenters. The molecule has 1 heterocycles. The Hall–Kier alpha value is -1.71. The molecular weight excluding hydrogens is 414 g/mol. The van der Waals surface area contributed by atoms with E-state index >= 15 is 0 Å². The van der Waals surface area contributed by atoms with Crippen LogP contribution in [0.4, 0.5) is 5.69 Å². The first-order valence-corrected chi connectivity index (χ1v) is 11.8. The van der Waals surface area contributed by atoms with E-state index in [1.54, 1.807) is 24.3 Å². The molecule has 1 aromatic rings. The molecule has 0 aliphatic carbocycles. The summed E-state index contributed by atoms with van der Waals surface area (Å²) in [4.78, 5) is 12.1. The average molecular weight is 454 g/mol. The second-order valence-corrected chi connectivity index (χ2v) is 8.47. The first kappa shape index (κ1) is 26.5. The van der Waals surface area contributed by atoms with Crippen LogP contribution in [0.25, 0.3) is 0 Å². The molecule has 5 N–H and O–H groups in total. The molecule has 0 bridgehead atoms. The average Bonchev–Trinajstić information content (AvgIpc) is 2.79. The summed E-state index contributed by atoms with van der Waals surface area (Å²) in [5.41, 5.74) is 0.632. The van der Waals surface area contributed by atoms with Crippen molar-refractivity contribution in [2.45, 2.75) is 102 Å². The number of benzene rings is 1. The highest BCUT2D eigenvalue weighted by Gasteiger charge is 2.44. The second-order valence-electron chi connectivity index (χ2n) is 8.47. The first-order valence-electron chi connectivity index (χ1n) is 11.8.